The molecule has 0 fully saturated rings. The Labute approximate surface area is 113 Å². The number of hydrogen-bond acceptors (Lipinski definition) is 4. The van der Waals surface area contributed by atoms with Crippen LogP contribution in [0.15, 0.2) is 12.3 Å². The summed E-state index contributed by atoms with van der Waals surface area (Å²) in [6.07, 6.45) is 4.36. The van der Waals surface area contributed by atoms with Gasteiger partial charge < -0.3 is 15.5 Å². The maximum absolute atomic E-state index is 11.2. The summed E-state index contributed by atoms with van der Waals surface area (Å²) in [5.41, 5.74) is 0.918. The molecule has 0 aliphatic rings. The van der Waals surface area contributed by atoms with Crippen LogP contribution in [0.4, 0.5) is 5.82 Å². The first kappa shape index (κ1) is 15.4. The van der Waals surface area contributed by atoms with E-state index in [2.05, 4.69) is 17.2 Å². The Kier molecular flexibility index (Phi) is 6.29. The fraction of sp³-hybridized carbons (Fsp3) is 0.571. The molecule has 5 heteroatoms. The van der Waals surface area contributed by atoms with Crippen LogP contribution in [-0.4, -0.2) is 34.3 Å². The molecular formula is C14H22N2O3. The van der Waals surface area contributed by atoms with Gasteiger partial charge in [0, 0.05) is 19.3 Å². The highest BCUT2D eigenvalue weighted by Gasteiger charge is 2.15. The number of nitrogens with zero attached hydrogens (tertiary/aromatic N) is 1. The topological polar surface area (TPSA) is 82.5 Å². The molecule has 0 aliphatic carbocycles. The number of carboxylic acid groups (broad SMARTS) is 1. The molecule has 19 heavy (non-hydrogen) atoms. The van der Waals surface area contributed by atoms with E-state index in [1.165, 1.54) is 0 Å². The maximum Gasteiger partial charge on any atom is 0.339 e. The summed E-state index contributed by atoms with van der Waals surface area (Å²) in [6, 6.07) is 1.69. The number of anilines is 1. The molecule has 5 nitrogen and oxygen atoms in total. The predicted molar refractivity (Wildman–Crippen MR) is 74.5 cm³/mol. The Morgan fingerprint density at radius 1 is 1.47 bits per heavy atom. The fourth-order valence-corrected chi connectivity index (χ4v) is 2.14. The molecule has 0 saturated heterocycles. The van der Waals surface area contributed by atoms with E-state index >= 15 is 0 Å². The van der Waals surface area contributed by atoms with E-state index in [9.17, 15) is 9.90 Å². The largest absolute Gasteiger partial charge is 0.478 e. The first-order valence-corrected chi connectivity index (χ1v) is 6.63. The number of carbonyl (C=O) groups is 1. The Hall–Kier alpha value is -1.62. The smallest absolute Gasteiger partial charge is 0.339 e. The second-order valence-corrected chi connectivity index (χ2v) is 4.70. The average molecular weight is 266 g/mol. The summed E-state index contributed by atoms with van der Waals surface area (Å²) < 4.78 is 0. The Bertz CT molecular complexity index is 415. The lowest BCUT2D eigenvalue weighted by atomic mass is 10.00. The lowest BCUT2D eigenvalue weighted by Gasteiger charge is -2.17. The van der Waals surface area contributed by atoms with Crippen molar-refractivity contribution in [3.63, 3.8) is 0 Å². The number of aryl methyl sites for hydroxylation is 1. The molecule has 1 heterocycles. The van der Waals surface area contributed by atoms with E-state index in [1.807, 2.05) is 0 Å². The van der Waals surface area contributed by atoms with Gasteiger partial charge in [-0.1, -0.05) is 13.3 Å². The van der Waals surface area contributed by atoms with E-state index < -0.39 is 5.97 Å². The predicted octanol–water partition coefficient (Wildman–Crippen LogP) is 2.30. The standard InChI is InChI=1S/C14H22N2O3/c1-3-4-11(6-8-17)9-16-13-12(14(18)19)10(2)5-7-15-13/h5,7,11,17H,3-4,6,8-9H2,1-2H3,(H,15,16)(H,18,19). The molecule has 1 unspecified atom stereocenters. The van der Waals surface area contributed by atoms with Crippen LogP contribution in [-0.2, 0) is 0 Å². The van der Waals surface area contributed by atoms with E-state index in [-0.39, 0.29) is 12.2 Å². The lowest BCUT2D eigenvalue weighted by molar-refractivity contribution is 0.0696. The molecule has 0 aliphatic heterocycles. The van der Waals surface area contributed by atoms with E-state index in [1.54, 1.807) is 19.2 Å². The third kappa shape index (κ3) is 4.52. The highest BCUT2D eigenvalue weighted by Crippen LogP contribution is 2.18. The number of aromatic carboxylic acids is 1. The van der Waals surface area contributed by atoms with Crippen molar-refractivity contribution in [1.82, 2.24) is 4.98 Å². The highest BCUT2D eigenvalue weighted by atomic mass is 16.4. The summed E-state index contributed by atoms with van der Waals surface area (Å²) in [5, 5.41) is 21.3. The van der Waals surface area contributed by atoms with Gasteiger partial charge in [0.2, 0.25) is 0 Å². The summed E-state index contributed by atoms with van der Waals surface area (Å²) in [4.78, 5) is 15.3. The second kappa shape index (κ2) is 7.74. The van der Waals surface area contributed by atoms with Gasteiger partial charge in [0.1, 0.15) is 11.4 Å². The van der Waals surface area contributed by atoms with Gasteiger partial charge in [-0.25, -0.2) is 9.78 Å². The number of rotatable bonds is 8. The van der Waals surface area contributed by atoms with Crippen LogP contribution in [0.2, 0.25) is 0 Å². The van der Waals surface area contributed by atoms with Gasteiger partial charge in [-0.2, -0.15) is 0 Å². The van der Waals surface area contributed by atoms with Crippen molar-refractivity contribution < 1.29 is 15.0 Å². The van der Waals surface area contributed by atoms with Crippen LogP contribution in [0.3, 0.4) is 0 Å². The van der Waals surface area contributed by atoms with Crippen LogP contribution >= 0.6 is 0 Å². The molecule has 1 rings (SSSR count). The van der Waals surface area contributed by atoms with Crippen molar-refractivity contribution in [2.75, 3.05) is 18.5 Å². The lowest BCUT2D eigenvalue weighted by Crippen LogP contribution is -2.18. The molecule has 0 amide bonds. The zero-order valence-corrected chi connectivity index (χ0v) is 11.5. The van der Waals surface area contributed by atoms with Crippen molar-refractivity contribution in [2.24, 2.45) is 5.92 Å². The van der Waals surface area contributed by atoms with E-state index in [4.69, 9.17) is 5.11 Å². The van der Waals surface area contributed by atoms with Crippen LogP contribution < -0.4 is 5.32 Å². The maximum atomic E-state index is 11.2. The van der Waals surface area contributed by atoms with Crippen molar-refractivity contribution in [3.05, 3.63) is 23.4 Å². The number of aliphatic hydroxyl groups is 1. The zero-order chi connectivity index (χ0) is 14.3. The molecule has 1 aromatic rings. The van der Waals surface area contributed by atoms with Gasteiger partial charge in [0.25, 0.3) is 0 Å². The minimum absolute atomic E-state index is 0.152. The number of pyridine rings is 1. The van der Waals surface area contributed by atoms with Gasteiger partial charge in [0.05, 0.1) is 0 Å². The zero-order valence-electron chi connectivity index (χ0n) is 11.5. The first-order valence-electron chi connectivity index (χ1n) is 6.63. The monoisotopic (exact) mass is 266 g/mol. The van der Waals surface area contributed by atoms with Gasteiger partial charge in [0.15, 0.2) is 0 Å². The molecule has 106 valence electrons. The Morgan fingerprint density at radius 3 is 2.79 bits per heavy atom. The molecular weight excluding hydrogens is 244 g/mol. The first-order chi connectivity index (χ1) is 9.10. The van der Waals surface area contributed by atoms with Crippen molar-refractivity contribution in [2.45, 2.75) is 33.1 Å². The molecule has 0 bridgehead atoms. The van der Waals surface area contributed by atoms with Gasteiger partial charge in [-0.15, -0.1) is 0 Å². The SMILES string of the molecule is CCCC(CCO)CNc1nccc(C)c1C(=O)O. The van der Waals surface area contributed by atoms with Crippen LogP contribution in [0.1, 0.15) is 42.1 Å². The number of carboxylic acids is 1. The number of aliphatic hydroxyl groups excluding tert-OH is 1. The van der Waals surface area contributed by atoms with E-state index in [0.29, 0.717) is 23.8 Å². The molecule has 0 radical (unpaired) electrons. The van der Waals surface area contributed by atoms with Crippen molar-refractivity contribution >= 4 is 11.8 Å². The minimum Gasteiger partial charge on any atom is -0.478 e. The summed E-state index contributed by atoms with van der Waals surface area (Å²) in [7, 11) is 0. The van der Waals surface area contributed by atoms with Crippen molar-refractivity contribution in [1.29, 1.82) is 0 Å². The highest BCUT2D eigenvalue weighted by molar-refractivity contribution is 5.94. The normalized spacial score (nSPS) is 12.2. The molecule has 0 saturated carbocycles. The third-order valence-corrected chi connectivity index (χ3v) is 3.17. The van der Waals surface area contributed by atoms with E-state index in [0.717, 1.165) is 19.3 Å². The van der Waals surface area contributed by atoms with Crippen LogP contribution in [0, 0.1) is 12.8 Å². The average Bonchev–Trinajstić information content (AvgIpc) is 2.36. The molecule has 1 atom stereocenters. The van der Waals surface area contributed by atoms with Crippen molar-refractivity contribution in [3.8, 4) is 0 Å². The van der Waals surface area contributed by atoms with Gasteiger partial charge in [-0.3, -0.25) is 0 Å². The molecule has 1 aromatic heterocycles. The Balaban J connectivity index is 2.76. The minimum atomic E-state index is -0.970. The summed E-state index contributed by atoms with van der Waals surface area (Å²) in [6.45, 7) is 4.63. The Morgan fingerprint density at radius 2 is 2.21 bits per heavy atom. The molecule has 0 aromatic carbocycles. The fourth-order valence-electron chi connectivity index (χ4n) is 2.14. The summed E-state index contributed by atoms with van der Waals surface area (Å²) in [5.74, 6) is -0.229. The van der Waals surface area contributed by atoms with Gasteiger partial charge in [-0.05, 0) is 37.3 Å². The molecule has 0 spiro atoms. The number of hydrogen-bond donors (Lipinski definition) is 3. The molecule has 3 N–H and O–H groups in total. The quantitative estimate of drug-likeness (QED) is 0.672. The van der Waals surface area contributed by atoms with Crippen LogP contribution in [0.5, 0.6) is 0 Å². The summed E-state index contributed by atoms with van der Waals surface area (Å²) >= 11 is 0. The number of aromatic nitrogens is 1. The van der Waals surface area contributed by atoms with Gasteiger partial charge >= 0.3 is 5.97 Å². The number of nitrogens with one attached hydrogen (secondary N) is 1. The second-order valence-electron chi connectivity index (χ2n) is 4.70. The third-order valence-electron chi connectivity index (χ3n) is 3.17. The van der Waals surface area contributed by atoms with Crippen LogP contribution in [0.25, 0.3) is 0 Å².